The Morgan fingerprint density at radius 3 is 2.44 bits per heavy atom. The van der Waals surface area contributed by atoms with Crippen molar-refractivity contribution in [3.8, 4) is 0 Å². The van der Waals surface area contributed by atoms with Gasteiger partial charge in [-0.25, -0.2) is 13.8 Å². The van der Waals surface area contributed by atoms with Gasteiger partial charge in [-0.15, -0.1) is 0 Å². The van der Waals surface area contributed by atoms with Crippen LogP contribution in [0.5, 0.6) is 0 Å². The molecule has 1 unspecified atom stereocenters. The number of H-pyrrole nitrogens is 1. The molecule has 1 atom stereocenters. The summed E-state index contributed by atoms with van der Waals surface area (Å²) in [4.78, 5) is 19.1. The monoisotopic (exact) mass is 398 g/mol. The summed E-state index contributed by atoms with van der Waals surface area (Å²) >= 11 is 1.23. The van der Waals surface area contributed by atoms with Crippen LogP contribution in [0.4, 0.5) is 8.78 Å². The molecule has 1 heterocycles. The number of nitrogens with one attached hydrogen (secondary N) is 1. The SMILES string of the molecule is CCC(OCCOC(C)=O)c1nc(C(C)C)c(Sc2cc(F)cc(F)c2)[nH]1. The smallest absolute Gasteiger partial charge is 0.302 e. The van der Waals surface area contributed by atoms with Crippen LogP contribution >= 0.6 is 11.8 Å². The van der Waals surface area contributed by atoms with Gasteiger partial charge in [0, 0.05) is 17.9 Å². The summed E-state index contributed by atoms with van der Waals surface area (Å²) in [6.45, 7) is 7.73. The summed E-state index contributed by atoms with van der Waals surface area (Å²) in [5.41, 5.74) is 0.807. The van der Waals surface area contributed by atoms with E-state index in [-0.39, 0.29) is 31.2 Å². The summed E-state index contributed by atoms with van der Waals surface area (Å²) in [5, 5.41) is 0.729. The van der Waals surface area contributed by atoms with Crippen molar-refractivity contribution in [1.82, 2.24) is 9.97 Å². The standard InChI is InChI=1S/C19H24F2N2O3S/c1-5-16(26-7-6-25-12(4)24)18-22-17(11(2)3)19(23-18)27-15-9-13(20)8-14(21)10-15/h8-11,16H,5-7H2,1-4H3,(H,22,23). The molecule has 1 N–H and O–H groups in total. The molecule has 0 spiro atoms. The molecule has 0 aliphatic heterocycles. The lowest BCUT2D eigenvalue weighted by molar-refractivity contribution is -0.143. The molecule has 0 fully saturated rings. The molecule has 0 saturated carbocycles. The molecule has 148 valence electrons. The highest BCUT2D eigenvalue weighted by atomic mass is 32.2. The Morgan fingerprint density at radius 1 is 1.22 bits per heavy atom. The second kappa shape index (κ2) is 9.85. The number of hydrogen-bond acceptors (Lipinski definition) is 5. The quantitative estimate of drug-likeness (QED) is 0.476. The number of rotatable bonds is 9. The molecule has 2 rings (SSSR count). The summed E-state index contributed by atoms with van der Waals surface area (Å²) in [5.74, 6) is -0.835. The van der Waals surface area contributed by atoms with Gasteiger partial charge in [0.05, 0.1) is 12.3 Å². The number of carbonyl (C=O) groups excluding carboxylic acids is 1. The van der Waals surface area contributed by atoms with E-state index in [1.165, 1.54) is 30.8 Å². The van der Waals surface area contributed by atoms with Crippen LogP contribution in [-0.4, -0.2) is 29.2 Å². The Kier molecular flexibility index (Phi) is 7.79. The minimum atomic E-state index is -0.622. The summed E-state index contributed by atoms with van der Waals surface area (Å²) in [7, 11) is 0. The molecule has 0 radical (unpaired) electrons. The largest absolute Gasteiger partial charge is 0.463 e. The molecule has 2 aromatic rings. The number of hydrogen-bond donors (Lipinski definition) is 1. The molecule has 27 heavy (non-hydrogen) atoms. The van der Waals surface area contributed by atoms with Crippen LogP contribution in [0, 0.1) is 11.6 Å². The van der Waals surface area contributed by atoms with Gasteiger partial charge in [0.15, 0.2) is 0 Å². The first-order valence-corrected chi connectivity index (χ1v) is 9.60. The third-order valence-corrected chi connectivity index (χ3v) is 4.69. The topological polar surface area (TPSA) is 64.2 Å². The number of esters is 1. The number of benzene rings is 1. The highest BCUT2D eigenvalue weighted by Crippen LogP contribution is 2.35. The van der Waals surface area contributed by atoms with Gasteiger partial charge in [-0.2, -0.15) is 0 Å². The Balaban J connectivity index is 2.18. The molecule has 0 amide bonds. The lowest BCUT2D eigenvalue weighted by atomic mass is 10.1. The third kappa shape index (κ3) is 6.32. The molecule has 0 saturated heterocycles. The van der Waals surface area contributed by atoms with Gasteiger partial charge in [0.2, 0.25) is 0 Å². The van der Waals surface area contributed by atoms with Crippen molar-refractivity contribution in [2.45, 2.75) is 56.1 Å². The highest BCUT2D eigenvalue weighted by molar-refractivity contribution is 7.99. The van der Waals surface area contributed by atoms with E-state index in [4.69, 9.17) is 9.47 Å². The maximum absolute atomic E-state index is 13.5. The predicted molar refractivity (Wildman–Crippen MR) is 98.8 cm³/mol. The number of ether oxygens (including phenoxy) is 2. The molecular formula is C19H24F2N2O3S. The van der Waals surface area contributed by atoms with Gasteiger partial charge in [-0.3, -0.25) is 4.79 Å². The summed E-state index contributed by atoms with van der Waals surface area (Å²) in [6.07, 6.45) is 0.376. The number of nitrogens with zero attached hydrogens (tertiary/aromatic N) is 1. The van der Waals surface area contributed by atoms with E-state index in [9.17, 15) is 13.6 Å². The molecular weight excluding hydrogens is 374 g/mol. The fourth-order valence-electron chi connectivity index (χ4n) is 2.48. The average Bonchev–Trinajstić information content (AvgIpc) is 2.97. The fraction of sp³-hybridized carbons (Fsp3) is 0.474. The number of imidazole rings is 1. The van der Waals surface area contributed by atoms with E-state index < -0.39 is 11.6 Å². The molecule has 0 aliphatic carbocycles. The van der Waals surface area contributed by atoms with Crippen molar-refractivity contribution >= 4 is 17.7 Å². The van der Waals surface area contributed by atoms with Gasteiger partial charge >= 0.3 is 5.97 Å². The van der Waals surface area contributed by atoms with E-state index in [0.29, 0.717) is 17.1 Å². The summed E-state index contributed by atoms with van der Waals surface area (Å²) in [6, 6.07) is 3.41. The van der Waals surface area contributed by atoms with Crippen LogP contribution in [0.25, 0.3) is 0 Å². The zero-order chi connectivity index (χ0) is 20.0. The Morgan fingerprint density at radius 2 is 1.89 bits per heavy atom. The van der Waals surface area contributed by atoms with Crippen molar-refractivity contribution in [2.75, 3.05) is 13.2 Å². The van der Waals surface area contributed by atoms with Crippen LogP contribution < -0.4 is 0 Å². The minimum absolute atomic E-state index is 0.120. The third-order valence-electron chi connectivity index (χ3n) is 3.70. The number of aromatic amines is 1. The lowest BCUT2D eigenvalue weighted by Crippen LogP contribution is -2.12. The average molecular weight is 398 g/mol. The first-order valence-electron chi connectivity index (χ1n) is 8.78. The molecule has 1 aromatic heterocycles. The van der Waals surface area contributed by atoms with Gasteiger partial charge < -0.3 is 14.5 Å². The Bertz CT molecular complexity index is 760. The molecule has 0 aliphatic rings. The van der Waals surface area contributed by atoms with Crippen LogP contribution in [0.3, 0.4) is 0 Å². The van der Waals surface area contributed by atoms with Crippen LogP contribution in [0.2, 0.25) is 0 Å². The normalized spacial score (nSPS) is 12.4. The van der Waals surface area contributed by atoms with E-state index in [1.807, 2.05) is 20.8 Å². The number of halogens is 2. The number of carbonyl (C=O) groups is 1. The molecule has 0 bridgehead atoms. The molecule has 1 aromatic carbocycles. The predicted octanol–water partition coefficient (Wildman–Crippen LogP) is 4.99. The second-order valence-corrected chi connectivity index (χ2v) is 7.39. The van der Waals surface area contributed by atoms with Gasteiger partial charge in [0.1, 0.15) is 35.2 Å². The van der Waals surface area contributed by atoms with E-state index in [0.717, 1.165) is 16.8 Å². The maximum Gasteiger partial charge on any atom is 0.302 e. The van der Waals surface area contributed by atoms with Crippen LogP contribution in [0.15, 0.2) is 28.1 Å². The van der Waals surface area contributed by atoms with Crippen LogP contribution in [-0.2, 0) is 14.3 Å². The first-order chi connectivity index (χ1) is 12.8. The summed E-state index contributed by atoms with van der Waals surface area (Å²) < 4.78 is 37.6. The van der Waals surface area contributed by atoms with Crippen LogP contribution in [0.1, 0.15) is 57.7 Å². The zero-order valence-corrected chi connectivity index (χ0v) is 16.7. The molecule has 5 nitrogen and oxygen atoms in total. The van der Waals surface area contributed by atoms with E-state index in [1.54, 1.807) is 0 Å². The molecule has 8 heteroatoms. The second-order valence-electron chi connectivity index (χ2n) is 6.31. The van der Waals surface area contributed by atoms with Crippen molar-refractivity contribution in [1.29, 1.82) is 0 Å². The van der Waals surface area contributed by atoms with Crippen molar-refractivity contribution < 1.29 is 23.0 Å². The van der Waals surface area contributed by atoms with Gasteiger partial charge in [-0.05, 0) is 24.5 Å². The maximum atomic E-state index is 13.5. The Hall–Kier alpha value is -1.93. The highest BCUT2D eigenvalue weighted by Gasteiger charge is 2.20. The number of aromatic nitrogens is 2. The van der Waals surface area contributed by atoms with Crippen molar-refractivity contribution in [2.24, 2.45) is 0 Å². The first kappa shape index (κ1) is 21.4. The Labute approximate surface area is 161 Å². The lowest BCUT2D eigenvalue weighted by Gasteiger charge is -2.13. The van der Waals surface area contributed by atoms with Gasteiger partial charge in [-0.1, -0.05) is 32.5 Å². The minimum Gasteiger partial charge on any atom is -0.463 e. The van der Waals surface area contributed by atoms with Crippen molar-refractivity contribution in [3.63, 3.8) is 0 Å². The van der Waals surface area contributed by atoms with Gasteiger partial charge in [0.25, 0.3) is 0 Å². The zero-order valence-electron chi connectivity index (χ0n) is 15.8. The van der Waals surface area contributed by atoms with E-state index >= 15 is 0 Å². The van der Waals surface area contributed by atoms with Crippen molar-refractivity contribution in [3.05, 3.63) is 41.4 Å². The fourth-order valence-corrected chi connectivity index (χ4v) is 3.60. The van der Waals surface area contributed by atoms with E-state index in [2.05, 4.69) is 9.97 Å².